The van der Waals surface area contributed by atoms with Crippen LogP contribution >= 0.6 is 11.8 Å². The highest BCUT2D eigenvalue weighted by molar-refractivity contribution is 7.98. The largest absolute Gasteiger partial charge is 0.465 e. The van der Waals surface area contributed by atoms with Crippen molar-refractivity contribution in [3.63, 3.8) is 0 Å². The maximum absolute atomic E-state index is 13.7. The highest BCUT2D eigenvalue weighted by atomic mass is 32.2. The Hall–Kier alpha value is -2.95. The number of imidazole rings is 1. The molecule has 0 saturated heterocycles. The molecule has 1 aliphatic carbocycles. The molecule has 4 rings (SSSR count). The zero-order chi connectivity index (χ0) is 20.5. The Morgan fingerprint density at radius 2 is 2.00 bits per heavy atom. The van der Waals surface area contributed by atoms with Crippen LogP contribution in [-0.2, 0) is 0 Å². The molecule has 0 aliphatic heterocycles. The van der Waals surface area contributed by atoms with Gasteiger partial charge in [-0.25, -0.2) is 28.5 Å². The maximum Gasteiger partial charge on any atom is 0.404 e. The fraction of sp³-hybridized carbons (Fsp3) is 0.333. The number of halogens is 2. The van der Waals surface area contributed by atoms with Crippen molar-refractivity contribution in [1.82, 2.24) is 24.8 Å². The summed E-state index contributed by atoms with van der Waals surface area (Å²) in [6, 6.07) is 8.45. The number of alkyl halides is 2. The zero-order valence-electron chi connectivity index (χ0n) is 15.3. The number of rotatable bonds is 6. The van der Waals surface area contributed by atoms with Gasteiger partial charge in [0.2, 0.25) is 0 Å². The third-order valence-electron chi connectivity index (χ3n) is 4.70. The number of amides is 1. The van der Waals surface area contributed by atoms with E-state index < -0.39 is 12.5 Å². The summed E-state index contributed by atoms with van der Waals surface area (Å²) in [6.07, 6.45) is -0.762. The smallest absolute Gasteiger partial charge is 0.404 e. The number of thioether (sulfide) groups is 1. The van der Waals surface area contributed by atoms with Gasteiger partial charge in [-0.2, -0.15) is 0 Å². The summed E-state index contributed by atoms with van der Waals surface area (Å²) in [5.41, 5.74) is 0.997. The van der Waals surface area contributed by atoms with Crippen LogP contribution in [0.4, 0.5) is 19.4 Å². The van der Waals surface area contributed by atoms with Crippen LogP contribution in [-0.4, -0.2) is 49.1 Å². The number of carbonyl (C=O) groups is 1. The van der Waals surface area contributed by atoms with E-state index in [4.69, 9.17) is 5.11 Å². The van der Waals surface area contributed by atoms with Gasteiger partial charge in [-0.05, 0) is 31.2 Å². The fourth-order valence-electron chi connectivity index (χ4n) is 3.36. The number of para-hydroxylation sites is 2. The molecule has 2 heterocycles. The van der Waals surface area contributed by atoms with E-state index in [1.54, 1.807) is 36.6 Å². The predicted octanol–water partition coefficient (Wildman–Crippen LogP) is 3.69. The van der Waals surface area contributed by atoms with E-state index in [0.717, 1.165) is 0 Å². The van der Waals surface area contributed by atoms with Crippen molar-refractivity contribution in [3.05, 3.63) is 36.2 Å². The first-order valence-electron chi connectivity index (χ1n) is 8.89. The van der Waals surface area contributed by atoms with Gasteiger partial charge in [0.1, 0.15) is 11.6 Å². The van der Waals surface area contributed by atoms with Crippen molar-refractivity contribution >= 4 is 34.7 Å². The van der Waals surface area contributed by atoms with Crippen LogP contribution in [0, 0.1) is 0 Å². The fourth-order valence-corrected chi connectivity index (χ4v) is 3.74. The minimum absolute atomic E-state index is 0.0402. The Bertz CT molecular complexity index is 1050. The predicted molar refractivity (Wildman–Crippen MR) is 105 cm³/mol. The molecule has 11 heteroatoms. The summed E-state index contributed by atoms with van der Waals surface area (Å²) in [7, 11) is 0. The Morgan fingerprint density at radius 3 is 2.69 bits per heavy atom. The molecular weight excluding hydrogens is 402 g/mol. The zero-order valence-corrected chi connectivity index (χ0v) is 16.2. The molecule has 2 aromatic heterocycles. The molecule has 0 spiro atoms. The van der Waals surface area contributed by atoms with Crippen molar-refractivity contribution in [1.29, 1.82) is 0 Å². The third kappa shape index (κ3) is 3.95. The molecule has 0 radical (unpaired) electrons. The van der Waals surface area contributed by atoms with Gasteiger partial charge in [0.05, 0.1) is 11.0 Å². The molecule has 1 fully saturated rings. The standard InChI is InChI=1S/C18H18F2N6O2S/c1-29-17-24-13(21-9-6-10(7-9)22-18(27)28)8-14(25-17)26-12-5-3-2-4-11(12)23-16(26)15(19)20/h2-5,8-10,15,22H,6-7H2,1H3,(H,27,28)(H,21,24,25)/t9-,10-. The lowest BCUT2D eigenvalue weighted by Gasteiger charge is -2.35. The molecule has 152 valence electrons. The number of nitrogens with zero attached hydrogens (tertiary/aromatic N) is 4. The lowest BCUT2D eigenvalue weighted by Crippen LogP contribution is -2.49. The topological polar surface area (TPSA) is 105 Å². The van der Waals surface area contributed by atoms with Gasteiger partial charge < -0.3 is 15.7 Å². The minimum atomic E-state index is -2.76. The second-order valence-electron chi connectivity index (χ2n) is 6.65. The number of hydrogen-bond donors (Lipinski definition) is 3. The Morgan fingerprint density at radius 1 is 1.24 bits per heavy atom. The molecule has 0 unspecified atom stereocenters. The van der Waals surface area contributed by atoms with E-state index in [1.807, 2.05) is 0 Å². The Labute approximate surface area is 168 Å². The first kappa shape index (κ1) is 19.4. The third-order valence-corrected chi connectivity index (χ3v) is 5.25. The summed E-state index contributed by atoms with van der Waals surface area (Å²) < 4.78 is 28.7. The van der Waals surface area contributed by atoms with Gasteiger partial charge in [-0.1, -0.05) is 23.9 Å². The van der Waals surface area contributed by atoms with Gasteiger partial charge >= 0.3 is 6.09 Å². The summed E-state index contributed by atoms with van der Waals surface area (Å²) in [5.74, 6) is 0.420. The van der Waals surface area contributed by atoms with Gasteiger partial charge in [0.25, 0.3) is 6.43 Å². The number of carboxylic acid groups (broad SMARTS) is 1. The number of nitrogens with one attached hydrogen (secondary N) is 2. The van der Waals surface area contributed by atoms with Gasteiger partial charge in [-0.15, -0.1) is 0 Å². The molecular formula is C18H18F2N6O2S. The van der Waals surface area contributed by atoms with Crippen molar-refractivity contribution in [2.45, 2.75) is 36.5 Å². The van der Waals surface area contributed by atoms with Crippen LogP contribution in [0.5, 0.6) is 0 Å². The lowest BCUT2D eigenvalue weighted by atomic mass is 9.87. The van der Waals surface area contributed by atoms with Crippen LogP contribution in [0.1, 0.15) is 25.1 Å². The maximum atomic E-state index is 13.7. The molecule has 1 amide bonds. The van der Waals surface area contributed by atoms with Crippen LogP contribution < -0.4 is 10.6 Å². The number of fused-ring (bicyclic) bond motifs is 1. The number of aromatic nitrogens is 4. The van der Waals surface area contributed by atoms with Gasteiger partial charge in [0.15, 0.2) is 11.0 Å². The highest BCUT2D eigenvalue weighted by Crippen LogP contribution is 2.30. The summed E-state index contributed by atoms with van der Waals surface area (Å²) >= 11 is 1.30. The molecule has 1 aromatic carbocycles. The second kappa shape index (κ2) is 7.82. The quantitative estimate of drug-likeness (QED) is 0.413. The van der Waals surface area contributed by atoms with E-state index >= 15 is 0 Å². The first-order valence-corrected chi connectivity index (χ1v) is 10.1. The Balaban J connectivity index is 1.67. The van der Waals surface area contributed by atoms with Crippen LogP contribution in [0.3, 0.4) is 0 Å². The molecule has 29 heavy (non-hydrogen) atoms. The highest BCUT2D eigenvalue weighted by Gasteiger charge is 2.31. The van der Waals surface area contributed by atoms with E-state index in [-0.39, 0.29) is 17.9 Å². The van der Waals surface area contributed by atoms with Gasteiger partial charge in [0, 0.05) is 18.2 Å². The van der Waals surface area contributed by atoms with Gasteiger partial charge in [-0.3, -0.25) is 4.57 Å². The molecule has 0 atom stereocenters. The molecule has 1 aliphatic rings. The Kier molecular flexibility index (Phi) is 5.22. The normalized spacial score (nSPS) is 18.6. The molecule has 1 saturated carbocycles. The van der Waals surface area contributed by atoms with E-state index in [1.165, 1.54) is 16.3 Å². The van der Waals surface area contributed by atoms with E-state index in [9.17, 15) is 13.6 Å². The van der Waals surface area contributed by atoms with Crippen molar-refractivity contribution in [2.75, 3.05) is 11.6 Å². The summed E-state index contributed by atoms with van der Waals surface area (Å²) in [4.78, 5) is 23.6. The van der Waals surface area contributed by atoms with Crippen LogP contribution in [0.15, 0.2) is 35.5 Å². The average molecular weight is 420 g/mol. The van der Waals surface area contributed by atoms with Crippen LogP contribution in [0.2, 0.25) is 0 Å². The monoisotopic (exact) mass is 420 g/mol. The second-order valence-corrected chi connectivity index (χ2v) is 7.43. The average Bonchev–Trinajstić information content (AvgIpc) is 3.05. The molecule has 3 N–H and O–H groups in total. The number of benzene rings is 1. The van der Waals surface area contributed by atoms with Crippen molar-refractivity contribution < 1.29 is 18.7 Å². The van der Waals surface area contributed by atoms with Crippen molar-refractivity contribution in [2.24, 2.45) is 0 Å². The minimum Gasteiger partial charge on any atom is -0.465 e. The first-order chi connectivity index (χ1) is 13.9. The van der Waals surface area contributed by atoms with E-state index in [2.05, 4.69) is 25.6 Å². The molecule has 8 nitrogen and oxygen atoms in total. The summed E-state index contributed by atoms with van der Waals surface area (Å²) in [6.45, 7) is 0. The molecule has 0 bridgehead atoms. The lowest BCUT2D eigenvalue weighted by molar-refractivity contribution is 0.139. The van der Waals surface area contributed by atoms with E-state index in [0.29, 0.717) is 40.7 Å². The van der Waals surface area contributed by atoms with Crippen LogP contribution in [0.25, 0.3) is 16.9 Å². The SMILES string of the molecule is CSc1nc(N[C@H]2C[C@H](NC(=O)O)C2)cc(-n2c(C(F)F)nc3ccccc32)n1. The number of hydrogen-bond acceptors (Lipinski definition) is 6. The number of anilines is 1. The molecule has 3 aromatic rings. The summed E-state index contributed by atoms with van der Waals surface area (Å²) in [5, 5.41) is 14.9. The van der Waals surface area contributed by atoms with Crippen molar-refractivity contribution in [3.8, 4) is 5.82 Å².